The first-order valence-corrected chi connectivity index (χ1v) is 6.06. The summed E-state index contributed by atoms with van der Waals surface area (Å²) in [5.74, 6) is 0. The Morgan fingerprint density at radius 1 is 1.25 bits per heavy atom. The Kier molecular flexibility index (Phi) is 4.97. The number of hydrogen-bond acceptors (Lipinski definition) is 2. The Morgan fingerprint density at radius 2 is 1.88 bits per heavy atom. The quantitative estimate of drug-likeness (QED) is 0.773. The van der Waals surface area contributed by atoms with E-state index in [9.17, 15) is 0 Å². The van der Waals surface area contributed by atoms with E-state index in [1.807, 2.05) is 18.2 Å². The van der Waals surface area contributed by atoms with Gasteiger partial charge in [0.15, 0.2) is 0 Å². The van der Waals surface area contributed by atoms with E-state index in [-0.39, 0.29) is 6.04 Å². The summed E-state index contributed by atoms with van der Waals surface area (Å²) in [7, 11) is 0. The summed E-state index contributed by atoms with van der Waals surface area (Å²) < 4.78 is 0. The Morgan fingerprint density at radius 3 is 2.44 bits per heavy atom. The molecule has 1 unspecified atom stereocenters. The Hall–Kier alpha value is -0.860. The van der Waals surface area contributed by atoms with Gasteiger partial charge in [-0.15, -0.1) is 0 Å². The van der Waals surface area contributed by atoms with Crippen LogP contribution in [0.5, 0.6) is 0 Å². The standard InChI is InChI=1S/C14H24N2/c1-4-14(2,3)11-16-10-13(15)12-8-6-5-7-9-12/h5-9,13,16H,4,10-11,15H2,1-3H3. The monoisotopic (exact) mass is 220 g/mol. The largest absolute Gasteiger partial charge is 0.323 e. The van der Waals surface area contributed by atoms with Gasteiger partial charge in [-0.1, -0.05) is 51.1 Å². The van der Waals surface area contributed by atoms with Crippen molar-refractivity contribution < 1.29 is 0 Å². The lowest BCUT2D eigenvalue weighted by Crippen LogP contribution is -2.34. The van der Waals surface area contributed by atoms with Crippen LogP contribution >= 0.6 is 0 Å². The van der Waals surface area contributed by atoms with Crippen LogP contribution in [0, 0.1) is 5.41 Å². The van der Waals surface area contributed by atoms with E-state index in [2.05, 4.69) is 38.2 Å². The molecule has 0 saturated carbocycles. The zero-order chi connectivity index (χ0) is 12.0. The molecule has 0 aromatic heterocycles. The van der Waals surface area contributed by atoms with Crippen molar-refractivity contribution in [2.24, 2.45) is 11.1 Å². The van der Waals surface area contributed by atoms with Gasteiger partial charge in [0.25, 0.3) is 0 Å². The third-order valence-electron chi connectivity index (χ3n) is 3.15. The molecule has 0 aliphatic carbocycles. The second-order valence-electron chi connectivity index (χ2n) is 5.17. The molecule has 0 amide bonds. The van der Waals surface area contributed by atoms with E-state index in [4.69, 9.17) is 5.73 Å². The van der Waals surface area contributed by atoms with E-state index < -0.39 is 0 Å². The summed E-state index contributed by atoms with van der Waals surface area (Å²) in [6.07, 6.45) is 1.18. The summed E-state index contributed by atoms with van der Waals surface area (Å²) in [6.45, 7) is 8.62. The van der Waals surface area contributed by atoms with Crippen LogP contribution < -0.4 is 11.1 Å². The van der Waals surface area contributed by atoms with Crippen molar-refractivity contribution in [3.63, 3.8) is 0 Å². The highest BCUT2D eigenvalue weighted by atomic mass is 14.9. The first-order valence-electron chi connectivity index (χ1n) is 6.06. The summed E-state index contributed by atoms with van der Waals surface area (Å²) in [4.78, 5) is 0. The minimum absolute atomic E-state index is 0.0915. The summed E-state index contributed by atoms with van der Waals surface area (Å²) in [5, 5.41) is 3.45. The summed E-state index contributed by atoms with van der Waals surface area (Å²) in [5.41, 5.74) is 7.66. The third kappa shape index (κ3) is 4.33. The Labute approximate surface area is 99.2 Å². The minimum Gasteiger partial charge on any atom is -0.323 e. The zero-order valence-corrected chi connectivity index (χ0v) is 10.7. The van der Waals surface area contributed by atoms with Crippen LogP contribution in [0.3, 0.4) is 0 Å². The van der Waals surface area contributed by atoms with Crippen molar-refractivity contribution in [1.82, 2.24) is 5.32 Å². The average Bonchev–Trinajstić information content (AvgIpc) is 2.30. The predicted octanol–water partition coefficient (Wildman–Crippen LogP) is 2.71. The summed E-state index contributed by atoms with van der Waals surface area (Å²) in [6, 6.07) is 10.3. The molecule has 0 bridgehead atoms. The van der Waals surface area contributed by atoms with Gasteiger partial charge in [-0.2, -0.15) is 0 Å². The first-order chi connectivity index (χ1) is 7.55. The van der Waals surface area contributed by atoms with Crippen LogP contribution in [0.25, 0.3) is 0 Å². The Bertz CT molecular complexity index is 293. The number of hydrogen-bond donors (Lipinski definition) is 2. The van der Waals surface area contributed by atoms with Gasteiger partial charge in [-0.05, 0) is 17.4 Å². The van der Waals surface area contributed by atoms with Crippen molar-refractivity contribution in [3.8, 4) is 0 Å². The minimum atomic E-state index is 0.0915. The van der Waals surface area contributed by atoms with Crippen molar-refractivity contribution in [1.29, 1.82) is 0 Å². The second kappa shape index (κ2) is 6.02. The van der Waals surface area contributed by atoms with E-state index >= 15 is 0 Å². The van der Waals surface area contributed by atoms with Crippen molar-refractivity contribution in [2.75, 3.05) is 13.1 Å². The fourth-order valence-corrected chi connectivity index (χ4v) is 1.51. The van der Waals surface area contributed by atoms with Crippen molar-refractivity contribution >= 4 is 0 Å². The fraction of sp³-hybridized carbons (Fsp3) is 0.571. The molecule has 1 rings (SSSR count). The lowest BCUT2D eigenvalue weighted by molar-refractivity contribution is 0.325. The lowest BCUT2D eigenvalue weighted by Gasteiger charge is -2.24. The molecule has 0 aliphatic rings. The van der Waals surface area contributed by atoms with E-state index in [1.54, 1.807) is 0 Å². The highest BCUT2D eigenvalue weighted by molar-refractivity contribution is 5.18. The zero-order valence-electron chi connectivity index (χ0n) is 10.7. The van der Waals surface area contributed by atoms with Gasteiger partial charge in [-0.25, -0.2) is 0 Å². The third-order valence-corrected chi connectivity index (χ3v) is 3.15. The maximum absolute atomic E-state index is 6.10. The molecule has 90 valence electrons. The van der Waals surface area contributed by atoms with E-state index in [0.717, 1.165) is 13.1 Å². The molecule has 3 N–H and O–H groups in total. The van der Waals surface area contributed by atoms with Gasteiger partial charge >= 0.3 is 0 Å². The smallest absolute Gasteiger partial charge is 0.0421 e. The highest BCUT2D eigenvalue weighted by Gasteiger charge is 2.14. The van der Waals surface area contributed by atoms with Crippen LogP contribution in [0.2, 0.25) is 0 Å². The Balaban J connectivity index is 2.34. The van der Waals surface area contributed by atoms with Crippen LogP contribution in [-0.2, 0) is 0 Å². The molecule has 2 nitrogen and oxygen atoms in total. The van der Waals surface area contributed by atoms with E-state index in [1.165, 1.54) is 12.0 Å². The van der Waals surface area contributed by atoms with Crippen LogP contribution in [-0.4, -0.2) is 13.1 Å². The van der Waals surface area contributed by atoms with Gasteiger partial charge < -0.3 is 11.1 Å². The maximum atomic E-state index is 6.10. The van der Waals surface area contributed by atoms with Crippen LogP contribution in [0.15, 0.2) is 30.3 Å². The number of nitrogens with one attached hydrogen (secondary N) is 1. The highest BCUT2D eigenvalue weighted by Crippen LogP contribution is 2.18. The normalized spacial score (nSPS) is 13.8. The average molecular weight is 220 g/mol. The molecule has 0 spiro atoms. The second-order valence-corrected chi connectivity index (χ2v) is 5.17. The molecule has 0 radical (unpaired) electrons. The van der Waals surface area contributed by atoms with Crippen molar-refractivity contribution in [3.05, 3.63) is 35.9 Å². The molecule has 0 fully saturated rings. The van der Waals surface area contributed by atoms with Crippen molar-refractivity contribution in [2.45, 2.75) is 33.2 Å². The van der Waals surface area contributed by atoms with Crippen LogP contribution in [0.1, 0.15) is 38.8 Å². The molecule has 2 heteroatoms. The molecule has 0 saturated heterocycles. The van der Waals surface area contributed by atoms with Gasteiger partial charge in [0.2, 0.25) is 0 Å². The molecule has 1 aromatic carbocycles. The SMILES string of the molecule is CCC(C)(C)CNCC(N)c1ccccc1. The molecular formula is C14H24N2. The predicted molar refractivity (Wildman–Crippen MR) is 70.3 cm³/mol. The first kappa shape index (κ1) is 13.2. The molecule has 0 heterocycles. The van der Waals surface area contributed by atoms with Gasteiger partial charge in [0.1, 0.15) is 0 Å². The number of nitrogens with two attached hydrogens (primary N) is 1. The number of rotatable bonds is 6. The fourth-order valence-electron chi connectivity index (χ4n) is 1.51. The number of benzene rings is 1. The molecule has 0 aliphatic heterocycles. The maximum Gasteiger partial charge on any atom is 0.0421 e. The topological polar surface area (TPSA) is 38.0 Å². The van der Waals surface area contributed by atoms with Gasteiger partial charge in [0.05, 0.1) is 0 Å². The lowest BCUT2D eigenvalue weighted by atomic mass is 9.90. The summed E-state index contributed by atoms with van der Waals surface area (Å²) >= 11 is 0. The van der Waals surface area contributed by atoms with Crippen LogP contribution in [0.4, 0.5) is 0 Å². The molecule has 1 aromatic rings. The molecular weight excluding hydrogens is 196 g/mol. The molecule has 1 atom stereocenters. The molecule has 16 heavy (non-hydrogen) atoms. The van der Waals surface area contributed by atoms with Gasteiger partial charge in [0, 0.05) is 19.1 Å². The van der Waals surface area contributed by atoms with E-state index in [0.29, 0.717) is 5.41 Å². The van der Waals surface area contributed by atoms with Gasteiger partial charge in [-0.3, -0.25) is 0 Å².